The van der Waals surface area contributed by atoms with E-state index in [0.717, 1.165) is 36.2 Å². The molecule has 188 valence electrons. The lowest BCUT2D eigenvalue weighted by Crippen LogP contribution is -2.29. The summed E-state index contributed by atoms with van der Waals surface area (Å²) in [6.45, 7) is 2.21. The molecule has 6 rings (SSSR count). The summed E-state index contributed by atoms with van der Waals surface area (Å²) < 4.78 is 18.2. The molecule has 3 aromatic heterocycles. The molecule has 9 heteroatoms. The molecule has 0 amide bonds. The van der Waals surface area contributed by atoms with Gasteiger partial charge in [0.05, 0.1) is 20.5 Å². The Hall–Kier alpha value is -4.53. The summed E-state index contributed by atoms with van der Waals surface area (Å²) >= 11 is 0. The van der Waals surface area contributed by atoms with E-state index in [-0.39, 0.29) is 0 Å². The molecule has 37 heavy (non-hydrogen) atoms. The second-order valence-electron chi connectivity index (χ2n) is 8.95. The first-order valence-electron chi connectivity index (χ1n) is 12.3. The molecule has 0 fully saturated rings. The van der Waals surface area contributed by atoms with E-state index in [1.807, 2.05) is 36.5 Å². The second-order valence-corrected chi connectivity index (χ2v) is 8.95. The van der Waals surface area contributed by atoms with Crippen LogP contribution in [-0.2, 0) is 19.5 Å². The minimum Gasteiger partial charge on any atom is -0.493 e. The van der Waals surface area contributed by atoms with Crippen molar-refractivity contribution >= 4 is 17.3 Å². The van der Waals surface area contributed by atoms with Gasteiger partial charge in [0.1, 0.15) is 0 Å². The molecule has 0 aliphatic carbocycles. The monoisotopic (exact) mass is 496 g/mol. The van der Waals surface area contributed by atoms with Crippen molar-refractivity contribution in [1.82, 2.24) is 19.6 Å². The van der Waals surface area contributed by atoms with Gasteiger partial charge in [-0.15, -0.1) is 5.10 Å². The zero-order chi connectivity index (χ0) is 25.2. The van der Waals surface area contributed by atoms with Crippen molar-refractivity contribution in [3.05, 3.63) is 83.7 Å². The standard InChI is InChI=1S/C28H28N6O3/c1-35-23-12-11-19(15-25(23)36-2)16-29-28-30-17-21(18-33-13-5-8-20-7-3-4-9-22(20)33)27-31-26(32-34(27)28)24-10-6-14-37-24/h3-4,6-7,9-12,14-15,17H,5,8,13,16,18H2,1-2H3,(H,29,30). The van der Waals surface area contributed by atoms with Gasteiger partial charge < -0.3 is 24.1 Å². The maximum atomic E-state index is 5.59. The van der Waals surface area contributed by atoms with Crippen molar-refractivity contribution in [3.63, 3.8) is 0 Å². The number of methoxy groups -OCH3 is 2. The Morgan fingerprint density at radius 1 is 1.03 bits per heavy atom. The molecule has 0 radical (unpaired) electrons. The minimum atomic E-state index is 0.521. The lowest BCUT2D eigenvalue weighted by Gasteiger charge is -2.31. The third-order valence-electron chi connectivity index (χ3n) is 6.65. The van der Waals surface area contributed by atoms with Crippen molar-refractivity contribution in [3.8, 4) is 23.1 Å². The van der Waals surface area contributed by atoms with Gasteiger partial charge >= 0.3 is 0 Å². The van der Waals surface area contributed by atoms with Crippen LogP contribution in [0.3, 0.4) is 0 Å². The second kappa shape index (κ2) is 9.85. The van der Waals surface area contributed by atoms with Gasteiger partial charge in [-0.05, 0) is 54.3 Å². The summed E-state index contributed by atoms with van der Waals surface area (Å²) in [6.07, 6.45) is 5.74. The fourth-order valence-electron chi connectivity index (χ4n) is 4.81. The van der Waals surface area contributed by atoms with E-state index in [4.69, 9.17) is 29.0 Å². The molecule has 0 saturated carbocycles. The fourth-order valence-corrected chi connectivity index (χ4v) is 4.81. The third kappa shape index (κ3) is 4.44. The zero-order valence-corrected chi connectivity index (χ0v) is 20.8. The topological polar surface area (TPSA) is 90.0 Å². The number of aromatic nitrogens is 4. The first-order chi connectivity index (χ1) is 18.2. The smallest absolute Gasteiger partial charge is 0.226 e. The van der Waals surface area contributed by atoms with Crippen molar-refractivity contribution in [2.75, 3.05) is 31.0 Å². The van der Waals surface area contributed by atoms with Gasteiger partial charge in [0, 0.05) is 37.1 Å². The number of nitrogens with one attached hydrogen (secondary N) is 1. The highest BCUT2D eigenvalue weighted by Crippen LogP contribution is 2.30. The van der Waals surface area contributed by atoms with E-state index in [0.29, 0.717) is 42.1 Å². The first-order valence-corrected chi connectivity index (χ1v) is 12.3. The first kappa shape index (κ1) is 22.9. The molecule has 0 saturated heterocycles. The van der Waals surface area contributed by atoms with Crippen LogP contribution < -0.4 is 19.7 Å². The van der Waals surface area contributed by atoms with Crippen molar-refractivity contribution in [1.29, 1.82) is 0 Å². The number of nitrogens with zero attached hydrogens (tertiary/aromatic N) is 5. The predicted molar refractivity (Wildman–Crippen MR) is 141 cm³/mol. The number of anilines is 2. The maximum absolute atomic E-state index is 5.59. The van der Waals surface area contributed by atoms with Crippen LogP contribution in [0.2, 0.25) is 0 Å². The Morgan fingerprint density at radius 2 is 1.92 bits per heavy atom. The highest BCUT2D eigenvalue weighted by molar-refractivity contribution is 5.61. The molecule has 1 N–H and O–H groups in total. The fraction of sp³-hybridized carbons (Fsp3) is 0.250. The number of aryl methyl sites for hydroxylation is 1. The Kier molecular flexibility index (Phi) is 6.10. The highest BCUT2D eigenvalue weighted by atomic mass is 16.5. The summed E-state index contributed by atoms with van der Waals surface area (Å²) in [7, 11) is 3.26. The molecule has 0 bridgehead atoms. The van der Waals surface area contributed by atoms with Crippen LogP contribution in [0.5, 0.6) is 11.5 Å². The Morgan fingerprint density at radius 3 is 2.76 bits per heavy atom. The number of hydrogen-bond acceptors (Lipinski definition) is 8. The van der Waals surface area contributed by atoms with E-state index in [1.165, 1.54) is 11.3 Å². The van der Waals surface area contributed by atoms with E-state index in [9.17, 15) is 0 Å². The summed E-state index contributed by atoms with van der Waals surface area (Å²) in [5, 5.41) is 8.16. The summed E-state index contributed by atoms with van der Waals surface area (Å²) in [6, 6.07) is 18.1. The normalized spacial score (nSPS) is 13.0. The lowest BCUT2D eigenvalue weighted by molar-refractivity contribution is 0.354. The van der Waals surface area contributed by atoms with Gasteiger partial charge in [-0.2, -0.15) is 4.52 Å². The molecule has 5 aromatic rings. The number of hydrogen-bond donors (Lipinski definition) is 1. The average Bonchev–Trinajstić information content (AvgIpc) is 3.63. The van der Waals surface area contributed by atoms with E-state index < -0.39 is 0 Å². The molecular formula is C28H28N6O3. The van der Waals surface area contributed by atoms with Gasteiger partial charge in [0.2, 0.25) is 11.8 Å². The molecule has 1 aliphatic heterocycles. The van der Waals surface area contributed by atoms with Gasteiger partial charge in [-0.25, -0.2) is 9.97 Å². The van der Waals surface area contributed by atoms with Gasteiger partial charge in [-0.3, -0.25) is 0 Å². The van der Waals surface area contributed by atoms with Crippen LogP contribution in [0.15, 0.2) is 71.5 Å². The Balaban J connectivity index is 1.34. The van der Waals surface area contributed by atoms with E-state index in [1.54, 1.807) is 25.0 Å². The summed E-state index contributed by atoms with van der Waals surface area (Å²) in [4.78, 5) is 12.0. The summed E-state index contributed by atoms with van der Waals surface area (Å²) in [5.41, 5.74) is 5.42. The molecule has 9 nitrogen and oxygen atoms in total. The van der Waals surface area contributed by atoms with Crippen LogP contribution >= 0.6 is 0 Å². The minimum absolute atomic E-state index is 0.521. The van der Waals surface area contributed by atoms with Crippen LogP contribution in [-0.4, -0.2) is 40.3 Å². The SMILES string of the molecule is COc1ccc(CNc2ncc(CN3CCCc4ccccc43)c3nc(-c4ccco4)nn23)cc1OC. The van der Waals surface area contributed by atoms with Gasteiger partial charge in [-0.1, -0.05) is 24.3 Å². The van der Waals surface area contributed by atoms with E-state index >= 15 is 0 Å². The molecule has 1 aliphatic rings. The number of fused-ring (bicyclic) bond motifs is 2. The van der Waals surface area contributed by atoms with E-state index in [2.05, 4.69) is 34.5 Å². The number of ether oxygens (including phenoxy) is 2. The molecule has 0 unspecified atom stereocenters. The van der Waals surface area contributed by atoms with Crippen LogP contribution in [0.1, 0.15) is 23.1 Å². The Bertz CT molecular complexity index is 1530. The number of furan rings is 1. The number of rotatable bonds is 8. The van der Waals surface area contributed by atoms with Crippen molar-refractivity contribution < 1.29 is 13.9 Å². The molecule has 4 heterocycles. The molecule has 2 aromatic carbocycles. The van der Waals surface area contributed by atoms with Crippen LogP contribution in [0.4, 0.5) is 11.6 Å². The van der Waals surface area contributed by atoms with Crippen molar-refractivity contribution in [2.24, 2.45) is 0 Å². The molecular weight excluding hydrogens is 468 g/mol. The molecule has 0 atom stereocenters. The number of benzene rings is 2. The number of para-hydroxylation sites is 1. The lowest BCUT2D eigenvalue weighted by atomic mass is 10.0. The van der Waals surface area contributed by atoms with Gasteiger partial charge in [0.15, 0.2) is 22.9 Å². The van der Waals surface area contributed by atoms with Crippen LogP contribution in [0, 0.1) is 0 Å². The summed E-state index contributed by atoms with van der Waals surface area (Å²) in [5.74, 6) is 3.10. The largest absolute Gasteiger partial charge is 0.493 e. The predicted octanol–water partition coefficient (Wildman–Crippen LogP) is 4.97. The third-order valence-corrected chi connectivity index (χ3v) is 6.65. The maximum Gasteiger partial charge on any atom is 0.226 e. The van der Waals surface area contributed by atoms with Crippen LogP contribution in [0.25, 0.3) is 17.2 Å². The molecule has 0 spiro atoms. The quantitative estimate of drug-likeness (QED) is 0.322. The van der Waals surface area contributed by atoms with Gasteiger partial charge in [0.25, 0.3) is 0 Å². The van der Waals surface area contributed by atoms with Crippen molar-refractivity contribution in [2.45, 2.75) is 25.9 Å². The average molecular weight is 497 g/mol. The Labute approximate surface area is 214 Å². The highest BCUT2D eigenvalue weighted by Gasteiger charge is 2.21. The zero-order valence-electron chi connectivity index (χ0n) is 20.8.